The van der Waals surface area contributed by atoms with Gasteiger partial charge in [-0.25, -0.2) is 0 Å². The van der Waals surface area contributed by atoms with Gasteiger partial charge in [0, 0.05) is 13.1 Å². The van der Waals surface area contributed by atoms with Crippen LogP contribution in [-0.2, 0) is 4.74 Å². The number of carbonyl (C=O) groups excluding carboxylic acids is 1. The SMILES string of the molecule is O=C([O-])N1CCOCC1.[Br-].[Mg+2]. The van der Waals surface area contributed by atoms with Crippen LogP contribution in [0.3, 0.4) is 0 Å². The van der Waals surface area contributed by atoms with Crippen molar-refractivity contribution in [1.82, 2.24) is 4.90 Å². The summed E-state index contributed by atoms with van der Waals surface area (Å²) in [6.07, 6.45) is -1.10. The van der Waals surface area contributed by atoms with E-state index >= 15 is 0 Å². The van der Waals surface area contributed by atoms with Gasteiger partial charge in [0.1, 0.15) is 6.09 Å². The Morgan fingerprint density at radius 3 is 2.09 bits per heavy atom. The number of hydrogen-bond donors (Lipinski definition) is 0. The molecule has 6 heteroatoms. The number of amides is 1. The predicted molar refractivity (Wildman–Crippen MR) is 33.5 cm³/mol. The Morgan fingerprint density at radius 2 is 1.82 bits per heavy atom. The van der Waals surface area contributed by atoms with E-state index in [2.05, 4.69) is 0 Å². The van der Waals surface area contributed by atoms with Crippen LogP contribution in [0.4, 0.5) is 4.79 Å². The molecule has 11 heavy (non-hydrogen) atoms. The fourth-order valence-corrected chi connectivity index (χ4v) is 0.746. The number of rotatable bonds is 0. The minimum Gasteiger partial charge on any atom is -1.00 e. The summed E-state index contributed by atoms with van der Waals surface area (Å²) < 4.78 is 4.92. The van der Waals surface area contributed by atoms with Crippen molar-refractivity contribution in [3.05, 3.63) is 0 Å². The first-order valence-corrected chi connectivity index (χ1v) is 2.84. The van der Waals surface area contributed by atoms with Gasteiger partial charge in [0.15, 0.2) is 0 Å². The molecule has 0 radical (unpaired) electrons. The zero-order chi connectivity index (χ0) is 6.69. The van der Waals surface area contributed by atoms with Crippen LogP contribution in [0.25, 0.3) is 0 Å². The molecule has 0 aromatic heterocycles. The van der Waals surface area contributed by atoms with Gasteiger partial charge >= 0.3 is 23.1 Å². The number of carbonyl (C=O) groups is 1. The van der Waals surface area contributed by atoms with Crippen LogP contribution in [0, 0.1) is 0 Å². The molecule has 0 bridgehead atoms. The van der Waals surface area contributed by atoms with Gasteiger partial charge in [0.05, 0.1) is 13.2 Å². The molecule has 1 amide bonds. The molecule has 60 valence electrons. The fourth-order valence-electron chi connectivity index (χ4n) is 0.746. The van der Waals surface area contributed by atoms with Gasteiger partial charge in [-0.1, -0.05) is 0 Å². The predicted octanol–water partition coefficient (Wildman–Crippen LogP) is -4.71. The summed E-state index contributed by atoms with van der Waals surface area (Å²) in [6.45, 7) is 1.88. The average molecular weight is 234 g/mol. The second-order valence-corrected chi connectivity index (χ2v) is 1.87. The molecule has 1 saturated heterocycles. The average Bonchev–Trinajstić information content (AvgIpc) is 1.90. The van der Waals surface area contributed by atoms with Gasteiger partial charge in [0.25, 0.3) is 0 Å². The van der Waals surface area contributed by atoms with Crippen molar-refractivity contribution in [1.29, 1.82) is 0 Å². The number of nitrogens with zero attached hydrogens (tertiary/aromatic N) is 1. The monoisotopic (exact) mass is 233 g/mol. The second-order valence-electron chi connectivity index (χ2n) is 1.87. The number of halogens is 1. The van der Waals surface area contributed by atoms with Crippen LogP contribution in [0.2, 0.25) is 0 Å². The quantitative estimate of drug-likeness (QED) is 0.396. The van der Waals surface area contributed by atoms with Crippen LogP contribution in [0.15, 0.2) is 0 Å². The van der Waals surface area contributed by atoms with Crippen molar-refractivity contribution < 1.29 is 31.6 Å². The topological polar surface area (TPSA) is 52.6 Å². The van der Waals surface area contributed by atoms with Crippen LogP contribution in [0.1, 0.15) is 0 Å². The van der Waals surface area contributed by atoms with E-state index in [9.17, 15) is 9.90 Å². The maximum atomic E-state index is 10.1. The first-order valence-electron chi connectivity index (χ1n) is 2.84. The molecule has 0 aromatic rings. The smallest absolute Gasteiger partial charge is 1.00 e. The summed E-state index contributed by atoms with van der Waals surface area (Å²) in [6, 6.07) is 0. The van der Waals surface area contributed by atoms with Crippen LogP contribution >= 0.6 is 0 Å². The van der Waals surface area contributed by atoms with Gasteiger partial charge in [0.2, 0.25) is 0 Å². The summed E-state index contributed by atoms with van der Waals surface area (Å²) in [4.78, 5) is 11.4. The Hall–Kier alpha value is 0.476. The molecular formula is C5H8BrMgNO3. The van der Waals surface area contributed by atoms with E-state index in [0.717, 1.165) is 0 Å². The van der Waals surface area contributed by atoms with Gasteiger partial charge in [-0.15, -0.1) is 0 Å². The third-order valence-electron chi connectivity index (χ3n) is 1.27. The minimum atomic E-state index is -1.10. The molecule has 0 unspecified atom stereocenters. The van der Waals surface area contributed by atoms with Gasteiger partial charge in [-0.3, -0.25) is 0 Å². The first-order chi connectivity index (χ1) is 4.30. The van der Waals surface area contributed by atoms with E-state index in [1.165, 1.54) is 4.90 Å². The maximum absolute atomic E-state index is 10.1. The van der Waals surface area contributed by atoms with Gasteiger partial charge in [-0.05, 0) is 0 Å². The van der Waals surface area contributed by atoms with Crippen LogP contribution in [0.5, 0.6) is 0 Å². The largest absolute Gasteiger partial charge is 2.00 e. The molecule has 1 aliphatic heterocycles. The molecule has 1 fully saturated rings. The van der Waals surface area contributed by atoms with E-state index < -0.39 is 6.09 Å². The molecule has 0 aromatic carbocycles. The van der Waals surface area contributed by atoms with E-state index in [1.807, 2.05) is 0 Å². The molecular weight excluding hydrogens is 226 g/mol. The molecule has 0 aliphatic carbocycles. The zero-order valence-electron chi connectivity index (χ0n) is 6.09. The van der Waals surface area contributed by atoms with Crippen LogP contribution in [-0.4, -0.2) is 60.3 Å². The molecule has 0 atom stereocenters. The van der Waals surface area contributed by atoms with E-state index in [4.69, 9.17) is 4.74 Å². The van der Waals surface area contributed by atoms with E-state index in [0.29, 0.717) is 26.3 Å². The second kappa shape index (κ2) is 7.14. The van der Waals surface area contributed by atoms with Crippen molar-refractivity contribution in [3.63, 3.8) is 0 Å². The molecule has 0 spiro atoms. The molecule has 1 heterocycles. The molecule has 0 N–H and O–H groups in total. The Labute approximate surface area is 91.8 Å². The number of ether oxygens (including phenoxy) is 1. The Bertz CT molecular complexity index is 118. The van der Waals surface area contributed by atoms with Crippen molar-refractivity contribution in [3.8, 4) is 0 Å². The fraction of sp³-hybridized carbons (Fsp3) is 0.800. The summed E-state index contributed by atoms with van der Waals surface area (Å²) in [5, 5.41) is 10.1. The van der Waals surface area contributed by atoms with Crippen molar-refractivity contribution in [2.24, 2.45) is 0 Å². The molecule has 1 rings (SSSR count). The van der Waals surface area contributed by atoms with Gasteiger partial charge < -0.3 is 36.5 Å². The first kappa shape index (κ1) is 14.0. The third-order valence-corrected chi connectivity index (χ3v) is 1.27. The van der Waals surface area contributed by atoms with Crippen molar-refractivity contribution in [2.45, 2.75) is 0 Å². The summed E-state index contributed by atoms with van der Waals surface area (Å²) in [5.74, 6) is 0. The van der Waals surface area contributed by atoms with E-state index in [-0.39, 0.29) is 40.0 Å². The van der Waals surface area contributed by atoms with Crippen LogP contribution < -0.4 is 22.1 Å². The van der Waals surface area contributed by atoms with E-state index in [1.54, 1.807) is 0 Å². The molecule has 4 nitrogen and oxygen atoms in total. The standard InChI is InChI=1S/C5H9NO3.BrH.Mg/c7-5(8)6-1-3-9-4-2-6;;/h1-4H2,(H,7,8);1H;/q;;+2/p-2. The maximum Gasteiger partial charge on any atom is 2.00 e. The number of carboxylic acid groups (broad SMARTS) is 1. The normalized spacial score (nSPS) is 16.2. The van der Waals surface area contributed by atoms with Crippen molar-refractivity contribution in [2.75, 3.05) is 26.3 Å². The molecule has 0 saturated carbocycles. The summed E-state index contributed by atoms with van der Waals surface area (Å²) >= 11 is 0. The Kier molecular flexibility index (Phi) is 9.11. The third kappa shape index (κ3) is 4.84. The molecule has 1 aliphatic rings. The summed E-state index contributed by atoms with van der Waals surface area (Å²) in [5.41, 5.74) is 0. The van der Waals surface area contributed by atoms with Crippen molar-refractivity contribution >= 4 is 29.1 Å². The number of hydrogen-bond acceptors (Lipinski definition) is 3. The Balaban J connectivity index is 0. The summed E-state index contributed by atoms with van der Waals surface area (Å²) in [7, 11) is 0. The zero-order valence-corrected chi connectivity index (χ0v) is 9.09. The Morgan fingerprint density at radius 1 is 1.36 bits per heavy atom. The van der Waals surface area contributed by atoms with Gasteiger partial charge in [-0.2, -0.15) is 0 Å². The number of morpholine rings is 1. The minimum absolute atomic E-state index is 0.